The number of halogens is 1. The molecule has 1 saturated carbocycles. The molecule has 1 aromatic carbocycles. The van der Waals surface area contributed by atoms with Gasteiger partial charge in [-0.2, -0.15) is 0 Å². The Kier molecular flexibility index (Phi) is 5.17. The van der Waals surface area contributed by atoms with Crippen LogP contribution >= 0.6 is 0 Å². The summed E-state index contributed by atoms with van der Waals surface area (Å²) < 4.78 is 19.8. The quantitative estimate of drug-likeness (QED) is 0.877. The Hall–Kier alpha value is -0.930. The Morgan fingerprint density at radius 1 is 1.30 bits per heavy atom. The second-order valence-corrected chi connectivity index (χ2v) is 6.56. The van der Waals surface area contributed by atoms with E-state index in [0.717, 1.165) is 12.8 Å². The molecule has 0 aromatic heterocycles. The van der Waals surface area contributed by atoms with Crippen LogP contribution in [0.15, 0.2) is 24.3 Å². The van der Waals surface area contributed by atoms with Crippen molar-refractivity contribution in [2.45, 2.75) is 51.7 Å². The van der Waals surface area contributed by atoms with Crippen molar-refractivity contribution in [2.24, 2.45) is 5.41 Å². The minimum absolute atomic E-state index is 0.0777. The molecule has 2 rings (SSSR count). The van der Waals surface area contributed by atoms with Crippen molar-refractivity contribution in [1.29, 1.82) is 0 Å². The van der Waals surface area contributed by atoms with Crippen molar-refractivity contribution < 1.29 is 9.13 Å². The fraction of sp³-hybridized carbons (Fsp3) is 0.647. The summed E-state index contributed by atoms with van der Waals surface area (Å²) in [5, 5.41) is 3.15. The molecule has 1 unspecified atom stereocenters. The lowest BCUT2D eigenvalue weighted by Gasteiger charge is -2.34. The van der Waals surface area contributed by atoms with Crippen LogP contribution in [0, 0.1) is 11.2 Å². The molecule has 1 aliphatic carbocycles. The molecule has 1 fully saturated rings. The molecule has 3 heteroatoms. The largest absolute Gasteiger partial charge is 0.376 e. The van der Waals surface area contributed by atoms with Gasteiger partial charge in [-0.05, 0) is 44.2 Å². The Labute approximate surface area is 121 Å². The molecule has 0 spiro atoms. The fourth-order valence-electron chi connectivity index (χ4n) is 2.86. The molecule has 0 amide bonds. The number of ether oxygens (including phenoxy) is 1. The molecule has 1 N–H and O–H groups in total. The third-order valence-electron chi connectivity index (χ3n) is 4.41. The van der Waals surface area contributed by atoms with Gasteiger partial charge in [-0.25, -0.2) is 4.39 Å². The van der Waals surface area contributed by atoms with Crippen molar-refractivity contribution in [2.75, 3.05) is 13.7 Å². The van der Waals surface area contributed by atoms with Gasteiger partial charge in [-0.15, -0.1) is 0 Å². The highest BCUT2D eigenvalue weighted by Gasteiger charge is 2.27. The lowest BCUT2D eigenvalue weighted by atomic mass is 9.76. The van der Waals surface area contributed by atoms with Crippen molar-refractivity contribution in [3.63, 3.8) is 0 Å². The van der Waals surface area contributed by atoms with E-state index in [0.29, 0.717) is 23.7 Å². The van der Waals surface area contributed by atoms with Crippen LogP contribution < -0.4 is 5.32 Å². The number of nitrogens with one attached hydrogen (secondary N) is 1. The zero-order valence-corrected chi connectivity index (χ0v) is 12.8. The molecule has 0 saturated heterocycles. The van der Waals surface area contributed by atoms with E-state index in [1.165, 1.54) is 18.9 Å². The van der Waals surface area contributed by atoms with Crippen LogP contribution in [0.25, 0.3) is 0 Å². The second kappa shape index (κ2) is 6.68. The molecule has 0 aliphatic heterocycles. The molecule has 112 valence electrons. The average Bonchev–Trinajstić information content (AvgIpc) is 2.43. The number of benzene rings is 1. The summed E-state index contributed by atoms with van der Waals surface area (Å²) in [5.41, 5.74) is 1.14. The van der Waals surface area contributed by atoms with Crippen LogP contribution in [-0.4, -0.2) is 19.8 Å². The highest BCUT2D eigenvalue weighted by Crippen LogP contribution is 2.36. The van der Waals surface area contributed by atoms with Crippen molar-refractivity contribution in [3.8, 4) is 0 Å². The predicted octanol–water partition coefficient (Wildman–Crippen LogP) is 4.07. The van der Waals surface area contributed by atoms with Crippen LogP contribution in [0.5, 0.6) is 0 Å². The standard InChI is InChI=1S/C17H26FNO/c1-17(2)10-8-13(9-11-17)20-12-16(19-3)14-6-4-5-7-15(14)18/h4-7,13,16,19H,8-12H2,1-3H3. The summed E-state index contributed by atoms with van der Waals surface area (Å²) in [7, 11) is 1.85. The van der Waals surface area contributed by atoms with Gasteiger partial charge in [0.1, 0.15) is 5.82 Å². The molecule has 1 aromatic rings. The maximum atomic E-state index is 13.8. The van der Waals surface area contributed by atoms with E-state index in [4.69, 9.17) is 4.74 Å². The molecule has 1 atom stereocenters. The number of likely N-dealkylation sites (N-methyl/N-ethyl adjacent to an activating group) is 1. The van der Waals surface area contributed by atoms with E-state index in [9.17, 15) is 4.39 Å². The lowest BCUT2D eigenvalue weighted by molar-refractivity contribution is -0.00538. The van der Waals surface area contributed by atoms with Crippen molar-refractivity contribution >= 4 is 0 Å². The maximum absolute atomic E-state index is 13.8. The maximum Gasteiger partial charge on any atom is 0.128 e. The first-order valence-electron chi connectivity index (χ1n) is 7.55. The van der Waals surface area contributed by atoms with Gasteiger partial charge in [0.25, 0.3) is 0 Å². The molecule has 0 heterocycles. The van der Waals surface area contributed by atoms with Crippen LogP contribution in [0.4, 0.5) is 4.39 Å². The van der Waals surface area contributed by atoms with Crippen molar-refractivity contribution in [1.82, 2.24) is 5.32 Å². The van der Waals surface area contributed by atoms with E-state index in [-0.39, 0.29) is 11.9 Å². The van der Waals surface area contributed by atoms with E-state index in [2.05, 4.69) is 19.2 Å². The van der Waals surface area contributed by atoms with Crippen LogP contribution in [-0.2, 0) is 4.74 Å². The monoisotopic (exact) mass is 279 g/mol. The van der Waals surface area contributed by atoms with E-state index < -0.39 is 0 Å². The summed E-state index contributed by atoms with van der Waals surface area (Å²) in [4.78, 5) is 0. The van der Waals surface area contributed by atoms with Gasteiger partial charge in [0.15, 0.2) is 0 Å². The highest BCUT2D eigenvalue weighted by molar-refractivity contribution is 5.21. The molecule has 0 radical (unpaired) electrons. The van der Waals surface area contributed by atoms with Gasteiger partial charge in [0, 0.05) is 5.56 Å². The van der Waals surface area contributed by atoms with Gasteiger partial charge < -0.3 is 10.1 Å². The minimum atomic E-state index is -0.166. The minimum Gasteiger partial charge on any atom is -0.376 e. The third-order valence-corrected chi connectivity index (χ3v) is 4.41. The summed E-state index contributed by atoms with van der Waals surface area (Å²) in [5.74, 6) is -0.166. The molecule has 2 nitrogen and oxygen atoms in total. The van der Waals surface area contributed by atoms with Crippen molar-refractivity contribution in [3.05, 3.63) is 35.6 Å². The third kappa shape index (κ3) is 4.03. The summed E-state index contributed by atoms with van der Waals surface area (Å²) >= 11 is 0. The predicted molar refractivity (Wildman–Crippen MR) is 80.2 cm³/mol. The van der Waals surface area contributed by atoms with Crippen LogP contribution in [0.1, 0.15) is 51.1 Å². The number of hydrogen-bond acceptors (Lipinski definition) is 2. The highest BCUT2D eigenvalue weighted by atomic mass is 19.1. The molecular weight excluding hydrogens is 253 g/mol. The van der Waals surface area contributed by atoms with Gasteiger partial charge in [0.2, 0.25) is 0 Å². The fourth-order valence-corrected chi connectivity index (χ4v) is 2.86. The van der Waals surface area contributed by atoms with Gasteiger partial charge >= 0.3 is 0 Å². The second-order valence-electron chi connectivity index (χ2n) is 6.56. The first kappa shape index (κ1) is 15.5. The van der Waals surface area contributed by atoms with Crippen LogP contribution in [0.3, 0.4) is 0 Å². The van der Waals surface area contributed by atoms with E-state index >= 15 is 0 Å². The van der Waals surface area contributed by atoms with Gasteiger partial charge in [-0.1, -0.05) is 32.0 Å². The zero-order chi connectivity index (χ0) is 14.6. The topological polar surface area (TPSA) is 21.3 Å². The average molecular weight is 279 g/mol. The number of rotatable bonds is 5. The summed E-state index contributed by atoms with van der Waals surface area (Å²) in [6, 6.07) is 6.83. The SMILES string of the molecule is CNC(COC1CCC(C)(C)CC1)c1ccccc1F. The Morgan fingerprint density at radius 3 is 2.55 bits per heavy atom. The molecule has 1 aliphatic rings. The molecular formula is C17H26FNO. The first-order valence-corrected chi connectivity index (χ1v) is 7.55. The Morgan fingerprint density at radius 2 is 1.95 bits per heavy atom. The van der Waals surface area contributed by atoms with Crippen LogP contribution in [0.2, 0.25) is 0 Å². The molecule has 20 heavy (non-hydrogen) atoms. The first-order chi connectivity index (χ1) is 9.52. The zero-order valence-electron chi connectivity index (χ0n) is 12.8. The normalized spacial score (nSPS) is 20.8. The smallest absolute Gasteiger partial charge is 0.128 e. The number of hydrogen-bond donors (Lipinski definition) is 1. The Bertz CT molecular complexity index is 423. The van der Waals surface area contributed by atoms with Gasteiger partial charge in [-0.3, -0.25) is 0 Å². The summed E-state index contributed by atoms with van der Waals surface area (Å²) in [6.45, 7) is 5.17. The van der Waals surface area contributed by atoms with Gasteiger partial charge in [0.05, 0.1) is 18.8 Å². The Balaban J connectivity index is 1.88. The van der Waals surface area contributed by atoms with E-state index in [1.54, 1.807) is 6.07 Å². The van der Waals surface area contributed by atoms with E-state index in [1.807, 2.05) is 19.2 Å². The molecule has 0 bridgehead atoms. The lowest BCUT2D eigenvalue weighted by Crippen LogP contribution is -2.30. The summed E-state index contributed by atoms with van der Waals surface area (Å²) in [6.07, 6.45) is 4.97.